The van der Waals surface area contributed by atoms with Gasteiger partial charge in [0.05, 0.1) is 11.4 Å². The van der Waals surface area contributed by atoms with Gasteiger partial charge in [-0.3, -0.25) is 9.69 Å². The van der Waals surface area contributed by atoms with E-state index in [0.717, 1.165) is 26.2 Å². The van der Waals surface area contributed by atoms with E-state index in [1.807, 2.05) is 4.90 Å². The molecule has 3 rings (SSSR count). The minimum atomic E-state index is -4.47. The van der Waals surface area contributed by atoms with Gasteiger partial charge in [0.2, 0.25) is 0 Å². The van der Waals surface area contributed by atoms with Crippen molar-refractivity contribution in [2.24, 2.45) is 0 Å². The summed E-state index contributed by atoms with van der Waals surface area (Å²) >= 11 is 0.541. The summed E-state index contributed by atoms with van der Waals surface area (Å²) in [7, 11) is 0. The summed E-state index contributed by atoms with van der Waals surface area (Å²) in [4.78, 5) is 13.8. The van der Waals surface area contributed by atoms with Gasteiger partial charge >= 0.3 is 6.18 Å². The molecule has 0 spiro atoms. The molecule has 0 saturated carbocycles. The molecular weight excluding hydrogens is 337 g/mol. The molecule has 128 valence electrons. The van der Waals surface area contributed by atoms with Crippen LogP contribution in [0.2, 0.25) is 0 Å². The molecule has 1 fully saturated rings. The van der Waals surface area contributed by atoms with Gasteiger partial charge in [0, 0.05) is 31.7 Å². The lowest BCUT2D eigenvalue weighted by molar-refractivity contribution is -0.133. The van der Waals surface area contributed by atoms with Crippen molar-refractivity contribution in [2.45, 2.75) is 6.18 Å². The zero-order valence-corrected chi connectivity index (χ0v) is 13.7. The second kappa shape index (κ2) is 7.04. The first kappa shape index (κ1) is 17.1. The smallest absolute Gasteiger partial charge is 0.314 e. The van der Waals surface area contributed by atoms with Crippen molar-refractivity contribution in [3.63, 3.8) is 0 Å². The molecule has 0 unspecified atom stereocenters. The van der Waals surface area contributed by atoms with Crippen LogP contribution in [0.4, 0.5) is 13.2 Å². The first-order chi connectivity index (χ1) is 11.4. The topological polar surface area (TPSA) is 32.3 Å². The highest BCUT2D eigenvalue weighted by atomic mass is 32.1. The van der Waals surface area contributed by atoms with Crippen LogP contribution < -0.4 is 5.32 Å². The van der Waals surface area contributed by atoms with Crippen LogP contribution in [0.3, 0.4) is 0 Å². The van der Waals surface area contributed by atoms with E-state index in [4.69, 9.17) is 0 Å². The van der Waals surface area contributed by atoms with Crippen molar-refractivity contribution in [3.05, 3.63) is 46.2 Å². The Labute approximate surface area is 142 Å². The second-order valence-corrected chi connectivity index (χ2v) is 6.72. The number of Topliss-reactive ketones (excluding diaryl/α,β-unsaturated/α-hetero) is 1. The third-order valence-corrected chi connectivity index (χ3v) is 5.15. The molecule has 0 radical (unpaired) electrons. The molecule has 7 heteroatoms. The van der Waals surface area contributed by atoms with Crippen LogP contribution in [0.1, 0.15) is 14.5 Å². The predicted octanol–water partition coefficient (Wildman–Crippen LogP) is 3.52. The number of thiophene rings is 1. The van der Waals surface area contributed by atoms with Gasteiger partial charge in [0.1, 0.15) is 4.88 Å². The molecule has 0 aliphatic carbocycles. The first-order valence-electron chi connectivity index (χ1n) is 7.68. The van der Waals surface area contributed by atoms with Crippen molar-refractivity contribution in [1.82, 2.24) is 10.2 Å². The Bertz CT molecular complexity index is 706. The van der Waals surface area contributed by atoms with Gasteiger partial charge in [0.25, 0.3) is 0 Å². The second-order valence-electron chi connectivity index (χ2n) is 5.67. The Morgan fingerprint density at radius 2 is 1.83 bits per heavy atom. The lowest BCUT2D eigenvalue weighted by Gasteiger charge is -2.26. The highest BCUT2D eigenvalue weighted by Gasteiger charge is 2.37. The predicted molar refractivity (Wildman–Crippen MR) is 88.4 cm³/mol. The number of benzene rings is 1. The number of rotatable bonds is 4. The molecule has 2 aromatic rings. The van der Waals surface area contributed by atoms with Gasteiger partial charge in [-0.2, -0.15) is 13.2 Å². The van der Waals surface area contributed by atoms with E-state index in [0.29, 0.717) is 16.9 Å². The molecule has 1 saturated heterocycles. The molecule has 1 aliphatic heterocycles. The number of nitrogens with one attached hydrogen (secondary N) is 1. The van der Waals surface area contributed by atoms with Crippen molar-refractivity contribution in [2.75, 3.05) is 32.7 Å². The van der Waals surface area contributed by atoms with Crippen LogP contribution >= 0.6 is 11.3 Å². The molecule has 1 aliphatic rings. The van der Waals surface area contributed by atoms with Crippen LogP contribution in [0, 0.1) is 0 Å². The summed E-state index contributed by atoms with van der Waals surface area (Å²) in [5.41, 5.74) is 0.555. The zero-order valence-electron chi connectivity index (χ0n) is 12.9. The van der Waals surface area contributed by atoms with Crippen LogP contribution in [-0.2, 0) is 6.18 Å². The summed E-state index contributed by atoms with van der Waals surface area (Å²) in [6.45, 7) is 3.21. The van der Waals surface area contributed by atoms with E-state index in [1.54, 1.807) is 30.3 Å². The Balaban J connectivity index is 1.89. The molecule has 0 amide bonds. The van der Waals surface area contributed by atoms with Gasteiger partial charge in [0.15, 0.2) is 5.78 Å². The van der Waals surface area contributed by atoms with Crippen LogP contribution in [0.5, 0.6) is 0 Å². The summed E-state index contributed by atoms with van der Waals surface area (Å²) in [5, 5.41) is 3.18. The standard InChI is InChI=1S/C17H17F3N2OS/c18-17(19,20)16-13(12-4-2-1-3-5-12)10-15(24-16)14(23)11-22-8-6-21-7-9-22/h1-5,10,21H,6-9,11H2. The van der Waals surface area contributed by atoms with Crippen molar-refractivity contribution in [3.8, 4) is 11.1 Å². The molecule has 3 nitrogen and oxygen atoms in total. The van der Waals surface area contributed by atoms with Crippen molar-refractivity contribution >= 4 is 17.1 Å². The molecule has 1 aromatic carbocycles. The van der Waals surface area contributed by atoms with E-state index in [2.05, 4.69) is 5.32 Å². The van der Waals surface area contributed by atoms with Crippen LogP contribution in [0.25, 0.3) is 11.1 Å². The van der Waals surface area contributed by atoms with Gasteiger partial charge < -0.3 is 5.32 Å². The third-order valence-electron chi connectivity index (χ3n) is 3.93. The van der Waals surface area contributed by atoms with E-state index >= 15 is 0 Å². The molecular formula is C17H17F3N2OS. The van der Waals surface area contributed by atoms with Gasteiger partial charge in [-0.15, -0.1) is 11.3 Å². The highest BCUT2D eigenvalue weighted by Crippen LogP contribution is 2.42. The third kappa shape index (κ3) is 3.85. The minimum Gasteiger partial charge on any atom is -0.314 e. The van der Waals surface area contributed by atoms with Gasteiger partial charge in [-0.05, 0) is 11.6 Å². The quantitative estimate of drug-likeness (QED) is 0.853. The summed E-state index contributed by atoms with van der Waals surface area (Å²) in [5.74, 6) is -0.255. The number of halogens is 3. The number of piperazine rings is 1. The lowest BCUT2D eigenvalue weighted by Crippen LogP contribution is -2.45. The fourth-order valence-corrected chi connectivity index (χ4v) is 3.70. The Morgan fingerprint density at radius 1 is 1.17 bits per heavy atom. The monoisotopic (exact) mass is 354 g/mol. The fourth-order valence-electron chi connectivity index (χ4n) is 2.72. The van der Waals surface area contributed by atoms with Crippen LogP contribution in [-0.4, -0.2) is 43.4 Å². The maximum Gasteiger partial charge on any atom is 0.426 e. The average Bonchev–Trinajstić information content (AvgIpc) is 3.02. The van der Waals surface area contributed by atoms with E-state index in [1.165, 1.54) is 6.07 Å². The molecule has 0 atom stereocenters. The molecule has 24 heavy (non-hydrogen) atoms. The normalized spacial score (nSPS) is 16.3. The first-order valence-corrected chi connectivity index (χ1v) is 8.49. The molecule has 2 heterocycles. The molecule has 1 N–H and O–H groups in total. The van der Waals surface area contributed by atoms with Gasteiger partial charge in [-0.25, -0.2) is 0 Å². The summed E-state index contributed by atoms with van der Waals surface area (Å²) in [6, 6.07) is 9.77. The average molecular weight is 354 g/mol. The largest absolute Gasteiger partial charge is 0.426 e. The number of hydrogen-bond acceptors (Lipinski definition) is 4. The van der Waals surface area contributed by atoms with Crippen molar-refractivity contribution in [1.29, 1.82) is 0 Å². The zero-order chi connectivity index (χ0) is 17.2. The van der Waals surface area contributed by atoms with E-state index in [-0.39, 0.29) is 22.8 Å². The van der Waals surface area contributed by atoms with Crippen LogP contribution in [0.15, 0.2) is 36.4 Å². The maximum atomic E-state index is 13.3. The van der Waals surface area contributed by atoms with E-state index in [9.17, 15) is 18.0 Å². The Hall–Kier alpha value is -1.70. The molecule has 0 bridgehead atoms. The number of ketones is 1. The number of alkyl halides is 3. The lowest BCUT2D eigenvalue weighted by atomic mass is 10.1. The molecule has 1 aromatic heterocycles. The fraction of sp³-hybridized carbons (Fsp3) is 0.353. The summed E-state index contributed by atoms with van der Waals surface area (Å²) < 4.78 is 40.0. The number of carbonyl (C=O) groups is 1. The van der Waals surface area contributed by atoms with E-state index < -0.39 is 11.1 Å². The number of hydrogen-bond donors (Lipinski definition) is 1. The SMILES string of the molecule is O=C(CN1CCNCC1)c1cc(-c2ccccc2)c(C(F)(F)F)s1. The number of carbonyl (C=O) groups excluding carboxylic acids is 1. The maximum absolute atomic E-state index is 13.3. The Kier molecular flexibility index (Phi) is 5.03. The highest BCUT2D eigenvalue weighted by molar-refractivity contribution is 7.14. The van der Waals surface area contributed by atoms with Gasteiger partial charge in [-0.1, -0.05) is 30.3 Å². The van der Waals surface area contributed by atoms with Crippen molar-refractivity contribution < 1.29 is 18.0 Å². The Morgan fingerprint density at radius 3 is 2.46 bits per heavy atom. The minimum absolute atomic E-state index is 0.0803. The summed E-state index contributed by atoms with van der Waals surface area (Å²) in [6.07, 6.45) is -4.47. The number of nitrogens with zero attached hydrogens (tertiary/aromatic N) is 1.